The van der Waals surface area contributed by atoms with E-state index in [0.29, 0.717) is 6.54 Å². The number of rotatable bonds is 2. The maximum Gasteiger partial charge on any atom is 0.407 e. The average Bonchev–Trinajstić information content (AvgIpc) is 1.79. The Balaban J connectivity index is 3.53. The van der Waals surface area contributed by atoms with E-state index in [1.807, 2.05) is 0 Å². The fourth-order valence-electron chi connectivity index (χ4n) is 0.436. The Morgan fingerprint density at radius 3 is 2.55 bits per heavy atom. The van der Waals surface area contributed by atoms with E-state index in [1.165, 1.54) is 5.88 Å². The van der Waals surface area contributed by atoms with Crippen molar-refractivity contribution in [3.63, 3.8) is 0 Å². The lowest BCUT2D eigenvalue weighted by Gasteiger charge is -2.19. The van der Waals surface area contributed by atoms with Gasteiger partial charge in [-0.15, -0.1) is 11.6 Å². The van der Waals surface area contributed by atoms with E-state index in [4.69, 9.17) is 16.3 Å². The van der Waals surface area contributed by atoms with Gasteiger partial charge >= 0.3 is 6.09 Å². The monoisotopic (exact) mass is 178 g/mol. The summed E-state index contributed by atoms with van der Waals surface area (Å²) in [5, 5.41) is 2.44. The van der Waals surface area contributed by atoms with Gasteiger partial charge in [-0.2, -0.15) is 0 Å². The normalized spacial score (nSPS) is 10.9. The third-order valence-electron chi connectivity index (χ3n) is 0.722. The van der Waals surface area contributed by atoms with Gasteiger partial charge in [0.1, 0.15) is 5.60 Å². The molecule has 1 radical (unpaired) electrons. The summed E-state index contributed by atoms with van der Waals surface area (Å²) in [6, 6.07) is 0. The van der Waals surface area contributed by atoms with Crippen molar-refractivity contribution in [2.75, 3.05) is 6.54 Å². The van der Waals surface area contributed by atoms with E-state index >= 15 is 0 Å². The number of carbonyl (C=O) groups is 1. The van der Waals surface area contributed by atoms with Gasteiger partial charge in [0.25, 0.3) is 0 Å². The van der Waals surface area contributed by atoms with Crippen molar-refractivity contribution in [1.29, 1.82) is 0 Å². The van der Waals surface area contributed by atoms with Crippen LogP contribution in [0.15, 0.2) is 0 Å². The van der Waals surface area contributed by atoms with Crippen LogP contribution in [0.25, 0.3) is 0 Å². The number of halogens is 1. The Bertz CT molecular complexity index is 131. The van der Waals surface area contributed by atoms with Crippen LogP contribution < -0.4 is 5.32 Å². The van der Waals surface area contributed by atoms with Gasteiger partial charge in [0.05, 0.1) is 5.88 Å². The van der Waals surface area contributed by atoms with Crippen molar-refractivity contribution < 1.29 is 9.53 Å². The molecule has 65 valence electrons. The van der Waals surface area contributed by atoms with Gasteiger partial charge in [0.2, 0.25) is 0 Å². The molecule has 0 saturated carbocycles. The van der Waals surface area contributed by atoms with Crippen molar-refractivity contribution in [1.82, 2.24) is 5.32 Å². The van der Waals surface area contributed by atoms with Crippen LogP contribution in [0.5, 0.6) is 0 Å². The maximum absolute atomic E-state index is 10.8. The fraction of sp³-hybridized carbons (Fsp3) is 0.714. The summed E-state index contributed by atoms with van der Waals surface area (Å²) in [5.74, 6) is 1.32. The molecule has 0 heterocycles. The number of hydrogen-bond donors (Lipinski definition) is 1. The lowest BCUT2D eigenvalue weighted by molar-refractivity contribution is 0.0533. The predicted octanol–water partition coefficient (Wildman–Crippen LogP) is 1.91. The van der Waals surface area contributed by atoms with Crippen LogP contribution in [0.3, 0.4) is 0 Å². The van der Waals surface area contributed by atoms with Crippen LogP contribution in [0.2, 0.25) is 0 Å². The molecule has 0 bridgehead atoms. The van der Waals surface area contributed by atoms with Gasteiger partial charge in [-0.3, -0.25) is 0 Å². The van der Waals surface area contributed by atoms with Gasteiger partial charge in [-0.25, -0.2) is 4.79 Å². The Hall–Kier alpha value is -0.440. The van der Waals surface area contributed by atoms with Crippen molar-refractivity contribution in [2.24, 2.45) is 0 Å². The van der Waals surface area contributed by atoms with E-state index in [2.05, 4.69) is 5.32 Å². The Morgan fingerprint density at radius 2 is 2.18 bits per heavy atom. The number of carbonyl (C=O) groups excluding carboxylic acids is 1. The molecule has 0 aromatic heterocycles. The first-order valence-corrected chi connectivity index (χ1v) is 3.78. The smallest absolute Gasteiger partial charge is 0.407 e. The summed E-state index contributed by atoms with van der Waals surface area (Å²) in [6.07, 6.45) is -0.450. The van der Waals surface area contributed by atoms with E-state index in [0.717, 1.165) is 0 Å². The minimum absolute atomic E-state index is 0.316. The minimum Gasteiger partial charge on any atom is -0.444 e. The van der Waals surface area contributed by atoms with E-state index in [1.54, 1.807) is 20.8 Å². The highest BCUT2D eigenvalue weighted by atomic mass is 35.5. The SMILES string of the molecule is CC(C)(C)OC(=O)NC[CH]Cl. The largest absolute Gasteiger partial charge is 0.444 e. The molecule has 0 aliphatic rings. The van der Waals surface area contributed by atoms with Crippen molar-refractivity contribution >= 4 is 17.7 Å². The number of nitrogens with one attached hydrogen (secondary N) is 1. The first-order valence-electron chi connectivity index (χ1n) is 3.34. The molecule has 0 aliphatic heterocycles. The summed E-state index contributed by atoms with van der Waals surface area (Å²) in [5.41, 5.74) is -0.448. The molecule has 4 heteroatoms. The molecule has 0 aromatic carbocycles. The first kappa shape index (κ1) is 10.6. The van der Waals surface area contributed by atoms with Crippen LogP contribution in [-0.4, -0.2) is 18.2 Å². The molecule has 11 heavy (non-hydrogen) atoms. The van der Waals surface area contributed by atoms with E-state index < -0.39 is 11.7 Å². The van der Waals surface area contributed by atoms with E-state index in [-0.39, 0.29) is 0 Å². The number of ether oxygens (including phenoxy) is 1. The fourth-order valence-corrected chi connectivity index (χ4v) is 0.513. The van der Waals surface area contributed by atoms with E-state index in [9.17, 15) is 4.79 Å². The third kappa shape index (κ3) is 7.46. The van der Waals surface area contributed by atoms with Gasteiger partial charge in [-0.05, 0) is 20.8 Å². The molecule has 1 N–H and O–H groups in total. The second kappa shape index (κ2) is 4.44. The summed E-state index contributed by atoms with van der Waals surface area (Å²) in [6.45, 7) is 5.72. The van der Waals surface area contributed by atoms with Crippen LogP contribution in [0.1, 0.15) is 20.8 Å². The van der Waals surface area contributed by atoms with Crippen molar-refractivity contribution in [3.05, 3.63) is 5.88 Å². The number of hydrogen-bond acceptors (Lipinski definition) is 2. The van der Waals surface area contributed by atoms with Crippen molar-refractivity contribution in [2.45, 2.75) is 26.4 Å². The molecular formula is C7H13ClNO2. The molecule has 0 spiro atoms. The molecule has 0 fully saturated rings. The Labute approximate surface area is 72.1 Å². The quantitative estimate of drug-likeness (QED) is 0.702. The standard InChI is InChI=1S/C7H13ClNO2/c1-7(2,3)11-6(10)9-5-4-8/h4H,5H2,1-3H3,(H,9,10). The highest BCUT2D eigenvalue weighted by Gasteiger charge is 2.14. The summed E-state index contributed by atoms with van der Waals surface area (Å²) in [4.78, 5) is 10.8. The molecule has 3 nitrogen and oxygen atoms in total. The molecular weight excluding hydrogens is 166 g/mol. The molecule has 0 aliphatic carbocycles. The highest BCUT2D eigenvalue weighted by molar-refractivity contribution is 6.23. The molecule has 0 atom stereocenters. The molecule has 0 unspecified atom stereocenters. The highest BCUT2D eigenvalue weighted by Crippen LogP contribution is 2.06. The van der Waals surface area contributed by atoms with Crippen LogP contribution in [-0.2, 0) is 4.74 Å². The van der Waals surface area contributed by atoms with Gasteiger partial charge in [0.15, 0.2) is 0 Å². The molecule has 0 saturated heterocycles. The van der Waals surface area contributed by atoms with Crippen LogP contribution >= 0.6 is 11.6 Å². The summed E-state index contributed by atoms with van der Waals surface area (Å²) in [7, 11) is 0. The van der Waals surface area contributed by atoms with Crippen LogP contribution in [0.4, 0.5) is 4.79 Å². The number of amides is 1. The van der Waals surface area contributed by atoms with Gasteiger partial charge in [0, 0.05) is 6.54 Å². The topological polar surface area (TPSA) is 38.3 Å². The first-order chi connectivity index (χ1) is 4.95. The lowest BCUT2D eigenvalue weighted by Crippen LogP contribution is -2.32. The second-order valence-electron chi connectivity index (χ2n) is 3.04. The lowest BCUT2D eigenvalue weighted by atomic mass is 10.2. The average molecular weight is 179 g/mol. The van der Waals surface area contributed by atoms with Gasteiger partial charge < -0.3 is 10.1 Å². The predicted molar refractivity (Wildman–Crippen MR) is 44.4 cm³/mol. The van der Waals surface area contributed by atoms with Gasteiger partial charge in [-0.1, -0.05) is 0 Å². The third-order valence-corrected chi connectivity index (χ3v) is 0.877. The van der Waals surface area contributed by atoms with Crippen LogP contribution in [0, 0.1) is 5.88 Å². The summed E-state index contributed by atoms with van der Waals surface area (Å²) < 4.78 is 4.91. The molecule has 0 rings (SSSR count). The maximum atomic E-state index is 10.8. The zero-order valence-corrected chi connectivity index (χ0v) is 7.73. The minimum atomic E-state index is -0.450. The summed E-state index contributed by atoms with van der Waals surface area (Å²) >= 11 is 5.22. The second-order valence-corrected chi connectivity index (χ2v) is 3.35. The molecule has 1 amide bonds. The number of alkyl carbamates (subject to hydrolysis) is 1. The zero-order valence-electron chi connectivity index (χ0n) is 6.98. The zero-order chi connectivity index (χ0) is 8.91. The Kier molecular flexibility index (Phi) is 4.26. The molecule has 0 aromatic rings. The van der Waals surface area contributed by atoms with Crippen molar-refractivity contribution in [3.8, 4) is 0 Å². The Morgan fingerprint density at radius 1 is 1.64 bits per heavy atom.